The van der Waals surface area contributed by atoms with Crippen molar-refractivity contribution in [2.24, 2.45) is 4.99 Å². The molecule has 1 aliphatic rings. The molecule has 0 saturated carbocycles. The zero-order valence-electron chi connectivity index (χ0n) is 15.6. The predicted octanol–water partition coefficient (Wildman–Crippen LogP) is -0.227. The minimum Gasteiger partial charge on any atom is -0.377 e. The molecule has 0 bridgehead atoms. The van der Waals surface area contributed by atoms with Gasteiger partial charge in [0.1, 0.15) is 19.0 Å². The molecular weight excluding hydrogens is 322 g/mol. The van der Waals surface area contributed by atoms with Crippen molar-refractivity contribution in [2.45, 2.75) is 45.4 Å². The Morgan fingerprint density at radius 2 is 2.28 bits per heavy atom. The molecule has 1 aromatic rings. The lowest BCUT2D eigenvalue weighted by Crippen LogP contribution is -2.47. The summed E-state index contributed by atoms with van der Waals surface area (Å²) in [5.41, 5.74) is 0. The van der Waals surface area contributed by atoms with Crippen LogP contribution in [0.3, 0.4) is 0 Å². The number of hydrogen-bond acceptors (Lipinski definition) is 5. The van der Waals surface area contributed by atoms with Crippen molar-refractivity contribution in [3.63, 3.8) is 0 Å². The number of nitrogens with one attached hydrogen (secondary N) is 2. The summed E-state index contributed by atoms with van der Waals surface area (Å²) in [5.74, 6) is 2.35. The predicted molar refractivity (Wildman–Crippen MR) is 95.3 cm³/mol. The Morgan fingerprint density at radius 1 is 1.48 bits per heavy atom. The number of methoxy groups -OCH3 is 1. The van der Waals surface area contributed by atoms with Crippen molar-refractivity contribution in [1.82, 2.24) is 30.3 Å². The number of hydrogen-bond donors (Lipinski definition) is 2. The van der Waals surface area contributed by atoms with Gasteiger partial charge in [0.05, 0.1) is 6.54 Å². The van der Waals surface area contributed by atoms with Gasteiger partial charge in [-0.2, -0.15) is 5.10 Å². The lowest BCUT2D eigenvalue weighted by molar-refractivity contribution is -0.127. The lowest BCUT2D eigenvalue weighted by Gasteiger charge is -2.25. The normalized spacial score (nSPS) is 17.1. The van der Waals surface area contributed by atoms with E-state index in [1.807, 2.05) is 4.68 Å². The Kier molecular flexibility index (Phi) is 7.17. The molecule has 0 spiro atoms. The number of nitrogens with zero attached hydrogens (tertiary/aromatic N) is 5. The molecule has 0 fully saturated rings. The van der Waals surface area contributed by atoms with Crippen LogP contribution in [0.5, 0.6) is 0 Å². The summed E-state index contributed by atoms with van der Waals surface area (Å²) in [5, 5.41) is 11.2. The van der Waals surface area contributed by atoms with Crippen molar-refractivity contribution < 1.29 is 9.53 Å². The van der Waals surface area contributed by atoms with Gasteiger partial charge in [0, 0.05) is 40.2 Å². The Labute approximate surface area is 148 Å². The van der Waals surface area contributed by atoms with Gasteiger partial charge in [0.15, 0.2) is 11.8 Å². The minimum atomic E-state index is -0.0241. The first-order valence-corrected chi connectivity index (χ1v) is 8.70. The smallest absolute Gasteiger partial charge is 0.243 e. The van der Waals surface area contributed by atoms with Crippen LogP contribution >= 0.6 is 0 Å². The van der Waals surface area contributed by atoms with Gasteiger partial charge in [-0.15, -0.1) is 0 Å². The zero-order chi connectivity index (χ0) is 18.2. The van der Waals surface area contributed by atoms with Crippen molar-refractivity contribution in [2.75, 3.05) is 34.3 Å². The molecule has 1 unspecified atom stereocenters. The maximum absolute atomic E-state index is 11.8. The highest BCUT2D eigenvalue weighted by molar-refractivity contribution is 5.84. The third-order valence-corrected chi connectivity index (χ3v) is 3.93. The fourth-order valence-electron chi connectivity index (χ4n) is 2.55. The number of aryl methyl sites for hydroxylation is 1. The van der Waals surface area contributed by atoms with Gasteiger partial charge in [-0.3, -0.25) is 4.79 Å². The molecule has 2 rings (SSSR count). The van der Waals surface area contributed by atoms with E-state index in [2.05, 4.69) is 32.6 Å². The van der Waals surface area contributed by atoms with Crippen molar-refractivity contribution in [3.8, 4) is 0 Å². The monoisotopic (exact) mass is 351 g/mol. The number of aliphatic imine (C=N–C) groups is 1. The third-order valence-electron chi connectivity index (χ3n) is 3.93. The van der Waals surface area contributed by atoms with Gasteiger partial charge in [-0.05, 0) is 12.8 Å². The third kappa shape index (κ3) is 5.70. The van der Waals surface area contributed by atoms with Crippen LogP contribution in [-0.2, 0) is 29.1 Å². The Balaban J connectivity index is 1.98. The summed E-state index contributed by atoms with van der Waals surface area (Å²) in [4.78, 5) is 22.2. The van der Waals surface area contributed by atoms with E-state index in [9.17, 15) is 4.79 Å². The van der Waals surface area contributed by atoms with Crippen LogP contribution in [0.25, 0.3) is 0 Å². The first-order valence-electron chi connectivity index (χ1n) is 8.70. The van der Waals surface area contributed by atoms with Crippen LogP contribution in [0.1, 0.15) is 31.4 Å². The van der Waals surface area contributed by atoms with E-state index in [0.29, 0.717) is 18.4 Å². The zero-order valence-corrected chi connectivity index (χ0v) is 15.6. The van der Waals surface area contributed by atoms with Crippen LogP contribution in [0.2, 0.25) is 0 Å². The quantitative estimate of drug-likeness (QED) is 0.520. The van der Waals surface area contributed by atoms with Crippen molar-refractivity contribution in [3.05, 3.63) is 11.6 Å². The number of ether oxygens (including phenoxy) is 1. The maximum Gasteiger partial charge on any atom is 0.243 e. The molecule has 25 heavy (non-hydrogen) atoms. The van der Waals surface area contributed by atoms with Gasteiger partial charge in [-0.25, -0.2) is 14.7 Å². The number of carbonyl (C=O) groups is 1. The second-order valence-corrected chi connectivity index (χ2v) is 6.32. The molecule has 1 aliphatic heterocycles. The van der Waals surface area contributed by atoms with Crippen LogP contribution in [-0.4, -0.2) is 71.9 Å². The minimum absolute atomic E-state index is 0.0241. The number of carbonyl (C=O) groups excluding carboxylic acids is 1. The van der Waals surface area contributed by atoms with Crippen LogP contribution in [0.4, 0.5) is 0 Å². The number of amides is 1. The molecule has 0 radical (unpaired) electrons. The molecule has 2 N–H and O–H groups in total. The molecule has 9 heteroatoms. The summed E-state index contributed by atoms with van der Waals surface area (Å²) in [6.45, 7) is 4.18. The van der Waals surface area contributed by atoms with E-state index in [4.69, 9.17) is 4.74 Å². The molecule has 0 saturated heterocycles. The lowest BCUT2D eigenvalue weighted by atomic mass is 10.1. The Morgan fingerprint density at radius 3 is 2.96 bits per heavy atom. The first kappa shape index (κ1) is 19.2. The van der Waals surface area contributed by atoms with Gasteiger partial charge >= 0.3 is 0 Å². The topological polar surface area (TPSA) is 96.7 Å². The number of guanidine groups is 1. The van der Waals surface area contributed by atoms with E-state index in [0.717, 1.165) is 38.2 Å². The van der Waals surface area contributed by atoms with E-state index in [1.54, 1.807) is 26.1 Å². The summed E-state index contributed by atoms with van der Waals surface area (Å²) >= 11 is 0. The largest absolute Gasteiger partial charge is 0.377 e. The molecule has 140 valence electrons. The molecule has 9 nitrogen and oxygen atoms in total. The second-order valence-electron chi connectivity index (χ2n) is 6.32. The molecule has 1 amide bonds. The van der Waals surface area contributed by atoms with Gasteiger partial charge in [0.25, 0.3) is 0 Å². The van der Waals surface area contributed by atoms with Crippen molar-refractivity contribution >= 4 is 11.9 Å². The van der Waals surface area contributed by atoms with Crippen LogP contribution < -0.4 is 10.6 Å². The first-order chi connectivity index (χ1) is 12.0. The highest BCUT2D eigenvalue weighted by Crippen LogP contribution is 2.13. The van der Waals surface area contributed by atoms with Gasteiger partial charge in [-0.1, -0.05) is 6.92 Å². The highest BCUT2D eigenvalue weighted by Gasteiger charge is 2.22. The SMILES string of the molecule is CCCNC(=NCC(=O)N(C)C)NC1CCc2nc(COC)nn2C1. The van der Waals surface area contributed by atoms with Gasteiger partial charge in [0.2, 0.25) is 5.91 Å². The summed E-state index contributed by atoms with van der Waals surface area (Å²) in [6.07, 6.45) is 2.78. The molecule has 1 atom stereocenters. The molecule has 2 heterocycles. The van der Waals surface area contributed by atoms with Crippen molar-refractivity contribution in [1.29, 1.82) is 0 Å². The van der Waals surface area contributed by atoms with E-state index >= 15 is 0 Å². The van der Waals surface area contributed by atoms with Crippen LogP contribution in [0.15, 0.2) is 4.99 Å². The highest BCUT2D eigenvalue weighted by atomic mass is 16.5. The number of likely N-dealkylation sites (N-methyl/N-ethyl adjacent to an activating group) is 1. The Hall–Kier alpha value is -2.16. The van der Waals surface area contributed by atoms with E-state index < -0.39 is 0 Å². The van der Waals surface area contributed by atoms with Gasteiger partial charge < -0.3 is 20.3 Å². The fourth-order valence-corrected chi connectivity index (χ4v) is 2.55. The van der Waals surface area contributed by atoms with E-state index in [1.165, 1.54) is 0 Å². The summed E-state index contributed by atoms with van der Waals surface area (Å²) < 4.78 is 7.02. The summed E-state index contributed by atoms with van der Waals surface area (Å²) in [7, 11) is 5.10. The summed E-state index contributed by atoms with van der Waals surface area (Å²) in [6, 6.07) is 0.196. The molecular formula is C16H29N7O2. The molecule has 0 aliphatic carbocycles. The van der Waals surface area contributed by atoms with Crippen LogP contribution in [0, 0.1) is 0 Å². The average molecular weight is 351 g/mol. The molecule has 1 aromatic heterocycles. The second kappa shape index (κ2) is 9.36. The number of rotatable bonds is 7. The average Bonchev–Trinajstić information content (AvgIpc) is 2.98. The Bertz CT molecular complexity index is 597. The number of fused-ring (bicyclic) bond motifs is 1. The fraction of sp³-hybridized carbons (Fsp3) is 0.750. The maximum atomic E-state index is 11.8. The number of aromatic nitrogens is 3. The van der Waals surface area contributed by atoms with E-state index in [-0.39, 0.29) is 18.5 Å². The standard InChI is InChI=1S/C16H29N7O2/c1-5-8-17-16(18-9-15(24)22(2)3)19-12-6-7-14-20-13(11-25-4)21-23(14)10-12/h12H,5-11H2,1-4H3,(H2,17,18,19). The molecule has 0 aromatic carbocycles.